The van der Waals surface area contributed by atoms with Crippen LogP contribution >= 0.6 is 0 Å². The van der Waals surface area contributed by atoms with E-state index in [0.29, 0.717) is 0 Å². The van der Waals surface area contributed by atoms with E-state index in [9.17, 15) is 0 Å². The van der Waals surface area contributed by atoms with Crippen LogP contribution in [-0.2, 0) is 0 Å². The Hall–Kier alpha value is -13.4. The molecule has 20 aromatic rings. The van der Waals surface area contributed by atoms with Crippen molar-refractivity contribution < 1.29 is 0 Å². The highest BCUT2D eigenvalue weighted by Gasteiger charge is 2.47. The SMILES string of the molecule is c1ccc(-c2ccc(-c3ccc4c(c3)B3c5c(ccc6c7cc(-c8ccc(-c9ccccc9)cc8)ccc7n-4c56)-c4cccc5c4n3c3c4cccc6c4n(c53)B3c4cc(-c5ccc(-c7ccccc7)cc5)ccc4-n4c5ccc(-c7ccc(-c8ccccc8)cc7)cc5c5ccc-6c3c54)cc2)cc1. The summed E-state index contributed by atoms with van der Waals surface area (Å²) in [6.45, 7) is -0.367. The van der Waals surface area contributed by atoms with Gasteiger partial charge in [0.15, 0.2) is 0 Å². The summed E-state index contributed by atoms with van der Waals surface area (Å²) in [5.74, 6) is 0. The first-order valence-corrected chi connectivity index (χ1v) is 36.3. The fourth-order valence-corrected chi connectivity index (χ4v) is 19.2. The van der Waals surface area contributed by atoms with Crippen LogP contribution in [0.4, 0.5) is 0 Å². The summed E-state index contributed by atoms with van der Waals surface area (Å²) in [4.78, 5) is 0. The molecule has 0 unspecified atom stereocenters. The van der Waals surface area contributed by atoms with E-state index in [1.807, 2.05) is 0 Å². The van der Waals surface area contributed by atoms with Crippen LogP contribution in [0.15, 0.2) is 352 Å². The van der Waals surface area contributed by atoms with Gasteiger partial charge >= 0.3 is 13.7 Å². The van der Waals surface area contributed by atoms with Crippen LogP contribution in [0.3, 0.4) is 0 Å². The second-order valence-corrected chi connectivity index (χ2v) is 28.9. The van der Waals surface area contributed by atoms with Crippen LogP contribution in [0.2, 0.25) is 0 Å². The molecule has 4 nitrogen and oxygen atoms in total. The van der Waals surface area contributed by atoms with E-state index in [2.05, 4.69) is 370 Å². The molecular weight excluding hydrogens is 1250 g/mol. The number of hydrogen-bond donors (Lipinski definition) is 0. The Kier molecular flexibility index (Phi) is 11.4. The number of para-hydroxylation sites is 2. The van der Waals surface area contributed by atoms with E-state index in [0.717, 1.165) is 0 Å². The molecule has 0 spiro atoms. The average Bonchev–Trinajstić information content (AvgIpc) is 1.48. The molecule has 104 heavy (non-hydrogen) atoms. The molecule has 4 aromatic heterocycles. The lowest BCUT2D eigenvalue weighted by Crippen LogP contribution is -2.55. The Morgan fingerprint density at radius 2 is 0.462 bits per heavy atom. The molecule has 4 aliphatic heterocycles. The third-order valence-electron chi connectivity index (χ3n) is 23.8. The van der Waals surface area contributed by atoms with E-state index in [1.165, 1.54) is 221 Å². The van der Waals surface area contributed by atoms with Crippen LogP contribution in [0.5, 0.6) is 0 Å². The fourth-order valence-electron chi connectivity index (χ4n) is 19.2. The predicted octanol–water partition coefficient (Wildman–Crippen LogP) is 22.2. The molecule has 16 aromatic carbocycles. The van der Waals surface area contributed by atoms with Crippen molar-refractivity contribution in [1.82, 2.24) is 18.1 Å². The number of benzene rings is 16. The molecule has 8 heterocycles. The predicted molar refractivity (Wildman–Crippen MR) is 439 cm³/mol. The molecule has 0 amide bonds. The molecule has 0 fully saturated rings. The third-order valence-corrected chi connectivity index (χ3v) is 23.8. The first-order chi connectivity index (χ1) is 51.6. The zero-order valence-electron chi connectivity index (χ0n) is 56.4. The van der Waals surface area contributed by atoms with Gasteiger partial charge in [-0.25, -0.2) is 0 Å². The number of fused-ring (bicyclic) bond motifs is 21. The minimum absolute atomic E-state index is 0.183. The van der Waals surface area contributed by atoms with Gasteiger partial charge < -0.3 is 18.1 Å². The number of hydrogen-bond acceptors (Lipinski definition) is 0. The van der Waals surface area contributed by atoms with Gasteiger partial charge in [0.25, 0.3) is 0 Å². The Morgan fingerprint density at radius 1 is 0.173 bits per heavy atom. The highest BCUT2D eigenvalue weighted by atomic mass is 15.1. The van der Waals surface area contributed by atoms with Crippen molar-refractivity contribution >= 4 is 112 Å². The summed E-state index contributed by atoms with van der Waals surface area (Å²) in [6, 6.07) is 133. The lowest BCUT2D eigenvalue weighted by atomic mass is 9.45. The summed E-state index contributed by atoms with van der Waals surface area (Å²) < 4.78 is 10.9. The first-order valence-electron chi connectivity index (χ1n) is 36.3. The Balaban J connectivity index is 0.755. The van der Waals surface area contributed by atoms with Gasteiger partial charge in [-0.3, -0.25) is 0 Å². The van der Waals surface area contributed by atoms with Crippen molar-refractivity contribution in [2.75, 3.05) is 0 Å². The Labute approximate surface area is 600 Å². The molecule has 24 rings (SSSR count). The average molecular weight is 1310 g/mol. The van der Waals surface area contributed by atoms with Crippen molar-refractivity contribution in [2.24, 2.45) is 0 Å². The van der Waals surface area contributed by atoms with E-state index in [1.54, 1.807) is 0 Å². The Morgan fingerprint density at radius 3 is 0.798 bits per heavy atom. The molecule has 4 aliphatic rings. The van der Waals surface area contributed by atoms with Crippen LogP contribution < -0.4 is 21.9 Å². The number of aromatic nitrogens is 4. The lowest BCUT2D eigenvalue weighted by molar-refractivity contribution is 1.18. The topological polar surface area (TPSA) is 19.7 Å². The normalized spacial score (nSPS) is 12.8. The molecule has 0 atom stereocenters. The number of nitrogens with zero attached hydrogens (tertiary/aromatic N) is 4. The van der Waals surface area contributed by atoms with Gasteiger partial charge in [0, 0.05) is 65.9 Å². The van der Waals surface area contributed by atoms with Crippen molar-refractivity contribution in [3.05, 3.63) is 352 Å². The maximum absolute atomic E-state index is 2.83. The zero-order valence-corrected chi connectivity index (χ0v) is 56.4. The highest BCUT2D eigenvalue weighted by molar-refractivity contribution is 6.92. The summed E-state index contributed by atoms with van der Waals surface area (Å²) in [6.07, 6.45) is 0. The van der Waals surface area contributed by atoms with E-state index in [4.69, 9.17) is 0 Å². The minimum atomic E-state index is -0.183. The smallest absolute Gasteiger partial charge is 0.333 e. The van der Waals surface area contributed by atoms with Crippen LogP contribution in [0.1, 0.15) is 0 Å². The van der Waals surface area contributed by atoms with E-state index >= 15 is 0 Å². The zero-order chi connectivity index (χ0) is 67.6. The summed E-state index contributed by atoms with van der Waals surface area (Å²) in [5.41, 5.74) is 42.3. The van der Waals surface area contributed by atoms with Crippen LogP contribution in [-0.4, -0.2) is 31.8 Å². The summed E-state index contributed by atoms with van der Waals surface area (Å²) >= 11 is 0. The quantitative estimate of drug-likeness (QED) is 0.135. The first kappa shape index (κ1) is 56.4. The molecule has 0 N–H and O–H groups in total. The molecule has 6 heteroatoms. The second kappa shape index (κ2) is 21.1. The van der Waals surface area contributed by atoms with E-state index < -0.39 is 0 Å². The van der Waals surface area contributed by atoms with Crippen LogP contribution in [0, 0.1) is 0 Å². The van der Waals surface area contributed by atoms with Gasteiger partial charge in [-0.05, 0) is 158 Å². The molecule has 0 saturated heterocycles. The molecule has 476 valence electrons. The van der Waals surface area contributed by atoms with Gasteiger partial charge in [-0.1, -0.05) is 315 Å². The summed E-state index contributed by atoms with van der Waals surface area (Å²) in [5, 5.41) is 7.59. The van der Waals surface area contributed by atoms with Crippen LogP contribution in [0.25, 0.3) is 199 Å². The van der Waals surface area contributed by atoms with Gasteiger partial charge in [0.05, 0.1) is 33.1 Å². The van der Waals surface area contributed by atoms with Crippen molar-refractivity contribution in [1.29, 1.82) is 0 Å². The monoisotopic (exact) mass is 1310 g/mol. The van der Waals surface area contributed by atoms with Crippen molar-refractivity contribution in [3.8, 4) is 123 Å². The van der Waals surface area contributed by atoms with Gasteiger partial charge in [0.2, 0.25) is 0 Å². The standard InChI is InChI=1S/C98H58B2N4/c1-5-15-59(16-6-1)63-27-35-67(36-28-63)71-43-51-87-83(55-71)79-49-47-75-77-23-13-25-81-93(77)103(99-85-57-73(45-53-89(85)101(87)95(79)91(75)99)69-39-31-65(32-40-69)61-19-9-3-10-20-61)97-82-26-14-24-78-76-48-50-80-84-56-72(68-37-29-64(30-38-68)60-17-7-2-8-18-60)44-52-88(84)102-90-54-46-74(70-41-33-66(34-42-70)62-21-11-4-12-22-62)58-86(90)100(92(76)96(80)102)104(94(78)82)98(81)97/h1-58H. The Bertz CT molecular complexity index is 6660. The van der Waals surface area contributed by atoms with Gasteiger partial charge in [-0.15, -0.1) is 0 Å². The van der Waals surface area contributed by atoms with Gasteiger partial charge in [-0.2, -0.15) is 0 Å². The molecule has 0 saturated carbocycles. The maximum atomic E-state index is 2.83. The fraction of sp³-hybridized carbons (Fsp3) is 0. The van der Waals surface area contributed by atoms with E-state index in [-0.39, 0.29) is 13.7 Å². The second-order valence-electron chi connectivity index (χ2n) is 28.9. The molecule has 0 bridgehead atoms. The largest absolute Gasteiger partial charge is 0.374 e. The minimum Gasteiger partial charge on any atom is -0.374 e. The van der Waals surface area contributed by atoms with Gasteiger partial charge in [0.1, 0.15) is 0 Å². The highest BCUT2D eigenvalue weighted by Crippen LogP contribution is 2.51. The lowest BCUT2D eigenvalue weighted by Gasteiger charge is -2.34. The number of rotatable bonds is 8. The third kappa shape index (κ3) is 7.73. The molecule has 0 aliphatic carbocycles. The molecular formula is C98H58B2N4. The maximum Gasteiger partial charge on any atom is 0.333 e. The molecule has 0 radical (unpaired) electrons. The van der Waals surface area contributed by atoms with Crippen molar-refractivity contribution in [2.45, 2.75) is 0 Å². The van der Waals surface area contributed by atoms with Crippen molar-refractivity contribution in [3.63, 3.8) is 0 Å². The summed E-state index contributed by atoms with van der Waals surface area (Å²) in [7, 11) is 0.